The highest BCUT2D eigenvalue weighted by Gasteiger charge is 2.29. The van der Waals surface area contributed by atoms with Crippen LogP contribution in [0.1, 0.15) is 29.6 Å². The summed E-state index contributed by atoms with van der Waals surface area (Å²) in [5.41, 5.74) is -0.618. The van der Waals surface area contributed by atoms with Crippen LogP contribution in [-0.4, -0.2) is 25.5 Å². The Morgan fingerprint density at radius 1 is 1.32 bits per heavy atom. The molecule has 1 saturated carbocycles. The van der Waals surface area contributed by atoms with Crippen LogP contribution >= 0.6 is 0 Å². The molecule has 0 heterocycles. The number of hydrogen-bond donors (Lipinski definition) is 2. The summed E-state index contributed by atoms with van der Waals surface area (Å²) in [7, 11) is -4.26. The molecule has 19 heavy (non-hydrogen) atoms. The van der Waals surface area contributed by atoms with Gasteiger partial charge in [0.25, 0.3) is 0 Å². The van der Waals surface area contributed by atoms with Gasteiger partial charge in [-0.25, -0.2) is 26.7 Å². The van der Waals surface area contributed by atoms with E-state index >= 15 is 0 Å². The number of nitrogens with one attached hydrogen (secondary N) is 1. The highest BCUT2D eigenvalue weighted by atomic mass is 32.2. The van der Waals surface area contributed by atoms with Gasteiger partial charge in [-0.3, -0.25) is 0 Å². The van der Waals surface area contributed by atoms with Gasteiger partial charge in [0.1, 0.15) is 4.90 Å². The zero-order valence-corrected chi connectivity index (χ0v) is 10.5. The van der Waals surface area contributed by atoms with Crippen molar-refractivity contribution >= 4 is 16.0 Å². The molecule has 0 radical (unpaired) electrons. The molecule has 1 aromatic carbocycles. The maximum Gasteiger partial charge on any atom is 0.335 e. The van der Waals surface area contributed by atoms with Crippen molar-refractivity contribution in [1.82, 2.24) is 4.72 Å². The van der Waals surface area contributed by atoms with Crippen LogP contribution in [0.2, 0.25) is 0 Å². The molecule has 0 amide bonds. The van der Waals surface area contributed by atoms with Crippen LogP contribution in [0.5, 0.6) is 0 Å². The van der Waals surface area contributed by atoms with E-state index in [-0.39, 0.29) is 6.04 Å². The first-order valence-corrected chi connectivity index (χ1v) is 7.04. The van der Waals surface area contributed by atoms with E-state index in [9.17, 15) is 22.0 Å². The molecule has 1 aliphatic carbocycles. The van der Waals surface area contributed by atoms with Gasteiger partial charge in [0.15, 0.2) is 11.6 Å². The topological polar surface area (TPSA) is 83.5 Å². The van der Waals surface area contributed by atoms with E-state index < -0.39 is 38.1 Å². The summed E-state index contributed by atoms with van der Waals surface area (Å²) < 4.78 is 52.7. The molecule has 1 aliphatic rings. The molecule has 1 fully saturated rings. The SMILES string of the molecule is O=C(O)c1cc(F)c(F)c(S(=O)(=O)NC2CCC2)c1. The predicted molar refractivity (Wildman–Crippen MR) is 61.3 cm³/mol. The molecule has 0 aliphatic heterocycles. The molecule has 0 saturated heterocycles. The van der Waals surface area contributed by atoms with Crippen LogP contribution in [0, 0.1) is 11.6 Å². The van der Waals surface area contributed by atoms with Crippen molar-refractivity contribution in [2.75, 3.05) is 0 Å². The van der Waals surface area contributed by atoms with Gasteiger partial charge in [0, 0.05) is 6.04 Å². The maximum absolute atomic E-state index is 13.5. The van der Waals surface area contributed by atoms with E-state index in [1.807, 2.05) is 0 Å². The van der Waals surface area contributed by atoms with Crippen molar-refractivity contribution in [3.05, 3.63) is 29.3 Å². The Hall–Kier alpha value is -1.54. The van der Waals surface area contributed by atoms with Crippen molar-refractivity contribution in [3.63, 3.8) is 0 Å². The Labute approximate surface area is 108 Å². The third kappa shape index (κ3) is 2.74. The van der Waals surface area contributed by atoms with E-state index in [0.29, 0.717) is 25.0 Å². The molecule has 0 aromatic heterocycles. The number of benzene rings is 1. The molecule has 8 heteroatoms. The summed E-state index contributed by atoms with van der Waals surface area (Å²) in [5, 5.41) is 8.73. The minimum atomic E-state index is -4.26. The number of halogens is 2. The van der Waals surface area contributed by atoms with Crippen LogP contribution < -0.4 is 4.72 Å². The van der Waals surface area contributed by atoms with Crippen molar-refractivity contribution in [2.24, 2.45) is 0 Å². The highest BCUT2D eigenvalue weighted by molar-refractivity contribution is 7.89. The zero-order chi connectivity index (χ0) is 14.2. The quantitative estimate of drug-likeness (QED) is 0.880. The van der Waals surface area contributed by atoms with Gasteiger partial charge in [-0.1, -0.05) is 6.42 Å². The molecule has 1 aromatic rings. The number of carboxylic acids is 1. The first-order chi connectivity index (χ1) is 8.81. The standard InChI is InChI=1S/C11H11F2NO4S/c12-8-4-6(11(15)16)5-9(10(8)13)19(17,18)14-7-2-1-3-7/h4-5,7,14H,1-3H2,(H,15,16). The Kier molecular flexibility index (Phi) is 3.55. The minimum Gasteiger partial charge on any atom is -0.478 e. The lowest BCUT2D eigenvalue weighted by Gasteiger charge is -2.26. The largest absolute Gasteiger partial charge is 0.478 e. The summed E-state index contributed by atoms with van der Waals surface area (Å²) in [4.78, 5) is 9.75. The van der Waals surface area contributed by atoms with Crippen LogP contribution in [-0.2, 0) is 10.0 Å². The minimum absolute atomic E-state index is 0.305. The molecule has 0 bridgehead atoms. The number of carbonyl (C=O) groups is 1. The number of hydrogen-bond acceptors (Lipinski definition) is 3. The molecular weight excluding hydrogens is 280 g/mol. The van der Waals surface area contributed by atoms with Gasteiger partial charge in [-0.05, 0) is 25.0 Å². The number of aromatic carboxylic acids is 1. The molecule has 2 N–H and O–H groups in total. The number of sulfonamides is 1. The first-order valence-electron chi connectivity index (χ1n) is 5.56. The summed E-state index contributed by atoms with van der Waals surface area (Å²) in [6, 6.07) is 0.753. The fourth-order valence-electron chi connectivity index (χ4n) is 1.69. The highest BCUT2D eigenvalue weighted by Crippen LogP contribution is 2.24. The molecule has 0 atom stereocenters. The van der Waals surface area contributed by atoms with Crippen LogP contribution in [0.4, 0.5) is 8.78 Å². The Balaban J connectivity index is 2.44. The molecule has 104 valence electrons. The first kappa shape index (κ1) is 13.9. The Morgan fingerprint density at radius 3 is 2.42 bits per heavy atom. The van der Waals surface area contributed by atoms with E-state index in [0.717, 1.165) is 6.42 Å². The van der Waals surface area contributed by atoms with E-state index in [1.54, 1.807) is 0 Å². The van der Waals surface area contributed by atoms with Crippen molar-refractivity contribution < 1.29 is 27.1 Å². The fraction of sp³-hybridized carbons (Fsp3) is 0.364. The summed E-state index contributed by atoms with van der Waals surface area (Å²) in [6.07, 6.45) is 2.11. The van der Waals surface area contributed by atoms with E-state index in [1.165, 1.54) is 0 Å². The third-order valence-electron chi connectivity index (χ3n) is 2.96. The monoisotopic (exact) mass is 291 g/mol. The second-order valence-electron chi connectivity index (χ2n) is 4.32. The lowest BCUT2D eigenvalue weighted by molar-refractivity contribution is 0.0696. The number of rotatable bonds is 4. The number of carboxylic acid groups (broad SMARTS) is 1. The average molecular weight is 291 g/mol. The van der Waals surface area contributed by atoms with Crippen LogP contribution in [0.3, 0.4) is 0 Å². The van der Waals surface area contributed by atoms with E-state index in [2.05, 4.69) is 4.72 Å². The normalized spacial score (nSPS) is 16.1. The fourth-order valence-corrected chi connectivity index (χ4v) is 3.11. The molecular formula is C11H11F2NO4S. The van der Waals surface area contributed by atoms with Crippen molar-refractivity contribution in [1.29, 1.82) is 0 Å². The van der Waals surface area contributed by atoms with Gasteiger partial charge in [-0.2, -0.15) is 0 Å². The van der Waals surface area contributed by atoms with Gasteiger partial charge < -0.3 is 5.11 Å². The smallest absolute Gasteiger partial charge is 0.335 e. The predicted octanol–water partition coefficient (Wildman–Crippen LogP) is 1.49. The second kappa shape index (κ2) is 4.86. The van der Waals surface area contributed by atoms with E-state index in [4.69, 9.17) is 5.11 Å². The lowest BCUT2D eigenvalue weighted by atomic mass is 9.94. The van der Waals surface area contributed by atoms with Crippen molar-refractivity contribution in [2.45, 2.75) is 30.2 Å². The molecule has 0 spiro atoms. The average Bonchev–Trinajstić information content (AvgIpc) is 2.27. The third-order valence-corrected chi connectivity index (χ3v) is 4.48. The van der Waals surface area contributed by atoms with Gasteiger partial charge in [0.2, 0.25) is 10.0 Å². The van der Waals surface area contributed by atoms with Gasteiger partial charge in [0.05, 0.1) is 5.56 Å². The Bertz CT molecular complexity index is 626. The molecule has 2 rings (SSSR count). The van der Waals surface area contributed by atoms with Gasteiger partial charge >= 0.3 is 5.97 Å². The molecule has 0 unspecified atom stereocenters. The summed E-state index contributed by atoms with van der Waals surface area (Å²) >= 11 is 0. The van der Waals surface area contributed by atoms with Crippen molar-refractivity contribution in [3.8, 4) is 0 Å². The summed E-state index contributed by atoms with van der Waals surface area (Å²) in [6.45, 7) is 0. The zero-order valence-electron chi connectivity index (χ0n) is 9.69. The van der Waals surface area contributed by atoms with Crippen LogP contribution in [0.25, 0.3) is 0 Å². The second-order valence-corrected chi connectivity index (χ2v) is 6.01. The molecule has 5 nitrogen and oxygen atoms in total. The lowest BCUT2D eigenvalue weighted by Crippen LogP contribution is -2.39. The maximum atomic E-state index is 13.5. The van der Waals surface area contributed by atoms with Crippen LogP contribution in [0.15, 0.2) is 17.0 Å². The van der Waals surface area contributed by atoms with Gasteiger partial charge in [-0.15, -0.1) is 0 Å². The summed E-state index contributed by atoms with van der Waals surface area (Å²) in [5.74, 6) is -4.61. The Morgan fingerprint density at radius 2 is 1.95 bits per heavy atom.